The van der Waals surface area contributed by atoms with E-state index in [2.05, 4.69) is 37.0 Å². The van der Waals surface area contributed by atoms with Crippen molar-refractivity contribution in [3.8, 4) is 10.6 Å². The van der Waals surface area contributed by atoms with Crippen LogP contribution in [0.4, 0.5) is 5.82 Å². The molecular formula is C21H27N5O2S3. The summed E-state index contributed by atoms with van der Waals surface area (Å²) in [4.78, 5) is 14.1. The van der Waals surface area contributed by atoms with Gasteiger partial charge in [0.05, 0.1) is 5.69 Å². The minimum atomic E-state index is -3.47. The van der Waals surface area contributed by atoms with Crippen molar-refractivity contribution in [2.75, 3.05) is 44.2 Å². The first-order valence-electron chi connectivity index (χ1n) is 10.4. The molecule has 1 aliphatic rings. The van der Waals surface area contributed by atoms with Gasteiger partial charge >= 0.3 is 0 Å². The second kappa shape index (κ2) is 9.74. The lowest BCUT2D eigenvalue weighted by Crippen LogP contribution is -2.46. The van der Waals surface area contributed by atoms with E-state index in [4.69, 9.17) is 4.98 Å². The van der Waals surface area contributed by atoms with Crippen molar-refractivity contribution < 1.29 is 8.42 Å². The average Bonchev–Trinajstić information content (AvgIpc) is 3.47. The lowest BCUT2D eigenvalue weighted by atomic mass is 10.3. The second-order valence-electron chi connectivity index (χ2n) is 7.36. The number of hydrogen-bond acceptors (Lipinski definition) is 8. The Balaban J connectivity index is 1.34. The van der Waals surface area contributed by atoms with Gasteiger partial charge in [-0.3, -0.25) is 4.90 Å². The number of thiazole rings is 1. The van der Waals surface area contributed by atoms with Gasteiger partial charge in [-0.05, 0) is 23.6 Å². The highest BCUT2D eigenvalue weighted by Gasteiger charge is 2.23. The molecule has 0 aromatic carbocycles. The summed E-state index contributed by atoms with van der Waals surface area (Å²) in [6.07, 6.45) is 1.48. The number of rotatable bonds is 8. The first-order valence-corrected chi connectivity index (χ1v) is 13.7. The van der Waals surface area contributed by atoms with E-state index >= 15 is 0 Å². The molecule has 0 bridgehead atoms. The van der Waals surface area contributed by atoms with Gasteiger partial charge in [0.2, 0.25) is 10.0 Å². The fourth-order valence-corrected chi connectivity index (χ4v) is 6.61. The van der Waals surface area contributed by atoms with Crippen molar-refractivity contribution in [2.45, 2.75) is 25.3 Å². The summed E-state index contributed by atoms with van der Waals surface area (Å²) in [5, 5.41) is 7.44. The van der Waals surface area contributed by atoms with Gasteiger partial charge in [-0.1, -0.05) is 13.8 Å². The van der Waals surface area contributed by atoms with Crippen molar-refractivity contribution in [3.05, 3.63) is 46.2 Å². The van der Waals surface area contributed by atoms with Crippen LogP contribution in [0.5, 0.6) is 0 Å². The lowest BCUT2D eigenvalue weighted by molar-refractivity contribution is 0.247. The number of pyridine rings is 1. The van der Waals surface area contributed by atoms with Crippen LogP contribution in [0.15, 0.2) is 45.4 Å². The first kappa shape index (κ1) is 22.3. The van der Waals surface area contributed by atoms with Crippen molar-refractivity contribution >= 4 is 38.5 Å². The van der Waals surface area contributed by atoms with Crippen molar-refractivity contribution in [1.29, 1.82) is 0 Å². The molecule has 1 aliphatic heterocycles. The van der Waals surface area contributed by atoms with Crippen molar-refractivity contribution in [2.24, 2.45) is 0 Å². The van der Waals surface area contributed by atoms with Crippen LogP contribution in [-0.4, -0.2) is 66.9 Å². The van der Waals surface area contributed by atoms with E-state index in [9.17, 15) is 8.42 Å². The summed E-state index contributed by atoms with van der Waals surface area (Å²) in [6, 6.07) is 5.60. The Kier molecular flexibility index (Phi) is 7.02. The van der Waals surface area contributed by atoms with Gasteiger partial charge < -0.3 is 4.90 Å². The molecule has 0 atom stereocenters. The third-order valence-electron chi connectivity index (χ3n) is 5.47. The monoisotopic (exact) mass is 477 g/mol. The van der Waals surface area contributed by atoms with Crippen LogP contribution in [0.1, 0.15) is 19.5 Å². The number of piperazine rings is 1. The zero-order valence-electron chi connectivity index (χ0n) is 17.8. The molecule has 31 heavy (non-hydrogen) atoms. The third kappa shape index (κ3) is 4.98. The zero-order chi connectivity index (χ0) is 21.8. The zero-order valence-corrected chi connectivity index (χ0v) is 20.2. The van der Waals surface area contributed by atoms with E-state index in [0.717, 1.165) is 49.2 Å². The van der Waals surface area contributed by atoms with Crippen molar-refractivity contribution in [3.63, 3.8) is 0 Å². The minimum absolute atomic E-state index is 0.253. The fourth-order valence-electron chi connectivity index (χ4n) is 3.69. The van der Waals surface area contributed by atoms with Crippen LogP contribution >= 0.6 is 22.7 Å². The summed E-state index contributed by atoms with van der Waals surface area (Å²) in [6.45, 7) is 9.01. The quantitative estimate of drug-likeness (QED) is 0.494. The maximum atomic E-state index is 12.6. The number of anilines is 1. The molecule has 0 saturated carbocycles. The van der Waals surface area contributed by atoms with E-state index in [0.29, 0.717) is 13.1 Å². The summed E-state index contributed by atoms with van der Waals surface area (Å²) in [5.41, 5.74) is 2.31. The predicted octanol–water partition coefficient (Wildman–Crippen LogP) is 3.62. The highest BCUT2D eigenvalue weighted by molar-refractivity contribution is 7.89. The third-order valence-corrected chi connectivity index (χ3v) is 9.12. The molecule has 1 saturated heterocycles. The van der Waals surface area contributed by atoms with Gasteiger partial charge in [0.15, 0.2) is 0 Å². The van der Waals surface area contributed by atoms with Gasteiger partial charge in [-0.25, -0.2) is 18.4 Å². The highest BCUT2D eigenvalue weighted by Crippen LogP contribution is 2.26. The molecule has 0 unspecified atom stereocenters. The van der Waals surface area contributed by atoms with Gasteiger partial charge in [-0.15, -0.1) is 11.3 Å². The Bertz CT molecular complexity index is 1070. The normalized spacial score (nSPS) is 15.6. The Hall–Kier alpha value is -1.85. The van der Waals surface area contributed by atoms with Crippen LogP contribution in [-0.2, 0) is 16.6 Å². The molecule has 7 nitrogen and oxygen atoms in total. The van der Waals surface area contributed by atoms with Gasteiger partial charge in [-0.2, -0.15) is 15.6 Å². The van der Waals surface area contributed by atoms with E-state index in [1.54, 1.807) is 28.7 Å². The SMILES string of the molecule is CCN(CC)S(=O)(=O)c1ccc(N2CCN(Cc3csc(-c4ccsc4)n3)CC2)nc1. The molecule has 0 spiro atoms. The Morgan fingerprint density at radius 2 is 1.84 bits per heavy atom. The van der Waals surface area contributed by atoms with Crippen LogP contribution in [0.2, 0.25) is 0 Å². The summed E-state index contributed by atoms with van der Waals surface area (Å²) in [7, 11) is -3.47. The standard InChI is InChI=1S/C21H27N5O2S3/c1-3-26(4-2)31(27,28)19-5-6-20(22-13-19)25-10-8-24(9-11-25)14-18-16-30-21(23-18)17-7-12-29-15-17/h5-7,12-13,15-16H,3-4,8-11,14H2,1-2H3. The summed E-state index contributed by atoms with van der Waals surface area (Å²) < 4.78 is 26.7. The Morgan fingerprint density at radius 3 is 2.45 bits per heavy atom. The van der Waals surface area contributed by atoms with Crippen LogP contribution in [0, 0.1) is 0 Å². The first-order chi connectivity index (χ1) is 15.0. The number of nitrogens with zero attached hydrogens (tertiary/aromatic N) is 5. The van der Waals surface area contributed by atoms with Gasteiger partial charge in [0, 0.05) is 68.3 Å². The minimum Gasteiger partial charge on any atom is -0.354 e. The van der Waals surface area contributed by atoms with E-state index in [-0.39, 0.29) is 4.90 Å². The molecule has 166 valence electrons. The highest BCUT2D eigenvalue weighted by atomic mass is 32.2. The lowest BCUT2D eigenvalue weighted by Gasteiger charge is -2.35. The Morgan fingerprint density at radius 1 is 1.06 bits per heavy atom. The molecule has 0 N–H and O–H groups in total. The molecule has 10 heteroatoms. The van der Waals surface area contributed by atoms with E-state index < -0.39 is 10.0 Å². The van der Waals surface area contributed by atoms with Crippen molar-refractivity contribution in [1.82, 2.24) is 19.2 Å². The molecule has 4 rings (SSSR count). The topological polar surface area (TPSA) is 69.6 Å². The molecule has 1 fully saturated rings. The smallest absolute Gasteiger partial charge is 0.244 e. The molecule has 3 aromatic heterocycles. The summed E-state index contributed by atoms with van der Waals surface area (Å²) in [5.74, 6) is 0.826. The van der Waals surface area contributed by atoms with Gasteiger partial charge in [0.25, 0.3) is 0 Å². The molecular weight excluding hydrogens is 450 g/mol. The fraction of sp³-hybridized carbons (Fsp3) is 0.429. The number of aromatic nitrogens is 2. The second-order valence-corrected chi connectivity index (χ2v) is 10.9. The van der Waals surface area contributed by atoms with Crippen LogP contribution in [0.25, 0.3) is 10.6 Å². The van der Waals surface area contributed by atoms with Gasteiger partial charge in [0.1, 0.15) is 15.7 Å². The molecule has 0 aliphatic carbocycles. The number of thiophene rings is 1. The van der Waals surface area contributed by atoms with E-state index in [1.807, 2.05) is 19.9 Å². The summed E-state index contributed by atoms with van der Waals surface area (Å²) >= 11 is 3.39. The molecule has 3 aromatic rings. The molecule has 0 amide bonds. The predicted molar refractivity (Wildman–Crippen MR) is 127 cm³/mol. The van der Waals surface area contributed by atoms with E-state index in [1.165, 1.54) is 16.1 Å². The Labute approximate surface area is 192 Å². The maximum Gasteiger partial charge on any atom is 0.244 e. The molecule has 4 heterocycles. The van der Waals surface area contributed by atoms with Crippen LogP contribution < -0.4 is 4.90 Å². The van der Waals surface area contributed by atoms with Crippen LogP contribution in [0.3, 0.4) is 0 Å². The molecule has 0 radical (unpaired) electrons. The number of hydrogen-bond donors (Lipinski definition) is 0. The average molecular weight is 478 g/mol. The number of sulfonamides is 1. The maximum absolute atomic E-state index is 12.6. The largest absolute Gasteiger partial charge is 0.354 e.